The Morgan fingerprint density at radius 2 is 2.00 bits per heavy atom. The molecule has 0 saturated heterocycles. The van der Waals surface area contributed by atoms with Crippen LogP contribution >= 0.6 is 11.6 Å². The van der Waals surface area contributed by atoms with Crippen LogP contribution in [0.5, 0.6) is 5.75 Å². The highest BCUT2D eigenvalue weighted by atomic mass is 35.5. The molecule has 0 aliphatic rings. The van der Waals surface area contributed by atoms with E-state index >= 15 is 0 Å². The predicted molar refractivity (Wildman–Crippen MR) is 82.4 cm³/mol. The SMILES string of the molecule is CNCc1cc(Cl)cc(S(=O)(=O)NCC(C)OC)c1OC. The molecule has 1 aromatic rings. The molecule has 0 fully saturated rings. The standard InChI is InChI=1S/C13H21ClN2O4S/c1-9(19-3)7-16-21(17,18)12-6-11(14)5-10(8-15-2)13(12)20-4/h5-6,9,15-16H,7-8H2,1-4H3. The Bertz CT molecular complexity index is 578. The van der Waals surface area contributed by atoms with E-state index in [1.807, 2.05) is 0 Å². The van der Waals surface area contributed by atoms with Crippen molar-refractivity contribution in [2.24, 2.45) is 0 Å². The lowest BCUT2D eigenvalue weighted by Crippen LogP contribution is -2.32. The molecule has 6 nitrogen and oxygen atoms in total. The van der Waals surface area contributed by atoms with Crippen molar-refractivity contribution in [3.63, 3.8) is 0 Å². The zero-order chi connectivity index (χ0) is 16.0. The number of nitrogens with one attached hydrogen (secondary N) is 2. The second-order valence-electron chi connectivity index (χ2n) is 4.52. The van der Waals surface area contributed by atoms with Gasteiger partial charge >= 0.3 is 0 Å². The van der Waals surface area contributed by atoms with Gasteiger partial charge in [0.2, 0.25) is 10.0 Å². The minimum atomic E-state index is -3.74. The van der Waals surface area contributed by atoms with Crippen molar-refractivity contribution >= 4 is 21.6 Å². The molecule has 0 aromatic heterocycles. The first kappa shape index (κ1) is 18.2. The average Bonchev–Trinajstić information content (AvgIpc) is 2.44. The number of rotatable bonds is 8. The molecule has 1 unspecified atom stereocenters. The number of hydrogen-bond donors (Lipinski definition) is 2. The molecule has 0 heterocycles. The van der Waals surface area contributed by atoms with Gasteiger partial charge in [-0.25, -0.2) is 13.1 Å². The Labute approximate surface area is 130 Å². The molecule has 0 radical (unpaired) electrons. The van der Waals surface area contributed by atoms with Crippen molar-refractivity contribution in [3.05, 3.63) is 22.7 Å². The number of sulfonamides is 1. The van der Waals surface area contributed by atoms with Gasteiger partial charge in [-0.15, -0.1) is 0 Å². The van der Waals surface area contributed by atoms with Crippen molar-refractivity contribution in [1.82, 2.24) is 10.0 Å². The van der Waals surface area contributed by atoms with Crippen LogP contribution in [0.1, 0.15) is 12.5 Å². The van der Waals surface area contributed by atoms with E-state index in [2.05, 4.69) is 10.0 Å². The summed E-state index contributed by atoms with van der Waals surface area (Å²) >= 11 is 6.01. The van der Waals surface area contributed by atoms with Gasteiger partial charge in [-0.1, -0.05) is 11.6 Å². The first-order valence-corrected chi connectivity index (χ1v) is 8.25. The van der Waals surface area contributed by atoms with E-state index in [1.165, 1.54) is 20.3 Å². The zero-order valence-electron chi connectivity index (χ0n) is 12.6. The summed E-state index contributed by atoms with van der Waals surface area (Å²) in [6, 6.07) is 3.05. The lowest BCUT2D eigenvalue weighted by atomic mass is 10.2. The molecular weight excluding hydrogens is 316 g/mol. The molecule has 0 saturated carbocycles. The number of ether oxygens (including phenoxy) is 2. The monoisotopic (exact) mass is 336 g/mol. The highest BCUT2D eigenvalue weighted by Gasteiger charge is 2.23. The minimum absolute atomic E-state index is 0.0195. The lowest BCUT2D eigenvalue weighted by molar-refractivity contribution is 0.122. The van der Waals surface area contributed by atoms with Crippen molar-refractivity contribution in [1.29, 1.82) is 0 Å². The van der Waals surface area contributed by atoms with Crippen LogP contribution in [0.25, 0.3) is 0 Å². The van der Waals surface area contributed by atoms with Gasteiger partial charge in [0.05, 0.1) is 13.2 Å². The molecule has 2 N–H and O–H groups in total. The van der Waals surface area contributed by atoms with Crippen LogP contribution in [-0.4, -0.2) is 42.3 Å². The quantitative estimate of drug-likeness (QED) is 0.750. The van der Waals surface area contributed by atoms with E-state index in [4.69, 9.17) is 21.1 Å². The van der Waals surface area contributed by atoms with Crippen LogP contribution in [0.2, 0.25) is 5.02 Å². The van der Waals surface area contributed by atoms with E-state index in [9.17, 15) is 8.42 Å². The Morgan fingerprint density at radius 3 is 2.52 bits per heavy atom. The topological polar surface area (TPSA) is 76.7 Å². The van der Waals surface area contributed by atoms with Crippen LogP contribution in [0.4, 0.5) is 0 Å². The van der Waals surface area contributed by atoms with Crippen molar-refractivity contribution in [2.75, 3.05) is 27.8 Å². The summed E-state index contributed by atoms with van der Waals surface area (Å²) in [5, 5.41) is 3.28. The van der Waals surface area contributed by atoms with E-state index in [0.717, 1.165) is 0 Å². The van der Waals surface area contributed by atoms with Crippen LogP contribution in [0, 0.1) is 0 Å². The van der Waals surface area contributed by atoms with Crippen molar-refractivity contribution in [2.45, 2.75) is 24.5 Å². The largest absolute Gasteiger partial charge is 0.495 e. The zero-order valence-corrected chi connectivity index (χ0v) is 14.1. The first-order chi connectivity index (χ1) is 9.85. The van der Waals surface area contributed by atoms with Gasteiger partial charge in [0.25, 0.3) is 0 Å². The predicted octanol–water partition coefficient (Wildman–Crippen LogP) is 1.38. The highest BCUT2D eigenvalue weighted by Crippen LogP contribution is 2.31. The van der Waals surface area contributed by atoms with Gasteiger partial charge in [-0.3, -0.25) is 0 Å². The fraction of sp³-hybridized carbons (Fsp3) is 0.538. The maximum absolute atomic E-state index is 12.4. The molecule has 1 aromatic carbocycles. The minimum Gasteiger partial charge on any atom is -0.495 e. The van der Waals surface area contributed by atoms with E-state index in [-0.39, 0.29) is 23.3 Å². The molecule has 8 heteroatoms. The van der Waals surface area contributed by atoms with Gasteiger partial charge in [-0.05, 0) is 26.1 Å². The second kappa shape index (κ2) is 7.95. The van der Waals surface area contributed by atoms with E-state index in [0.29, 0.717) is 17.1 Å². The van der Waals surface area contributed by atoms with Gasteiger partial charge < -0.3 is 14.8 Å². The Morgan fingerprint density at radius 1 is 1.33 bits per heavy atom. The summed E-state index contributed by atoms with van der Waals surface area (Å²) in [6.07, 6.45) is -0.235. The van der Waals surface area contributed by atoms with Crippen LogP contribution in [0.3, 0.4) is 0 Å². The van der Waals surface area contributed by atoms with Gasteiger partial charge in [0.15, 0.2) is 0 Å². The molecule has 0 bridgehead atoms. The number of methoxy groups -OCH3 is 2. The second-order valence-corrected chi connectivity index (χ2v) is 6.70. The van der Waals surface area contributed by atoms with E-state index in [1.54, 1.807) is 20.0 Å². The number of benzene rings is 1. The first-order valence-electron chi connectivity index (χ1n) is 6.39. The fourth-order valence-corrected chi connectivity index (χ4v) is 3.42. The maximum atomic E-state index is 12.4. The van der Waals surface area contributed by atoms with E-state index < -0.39 is 10.0 Å². The third-order valence-corrected chi connectivity index (χ3v) is 4.57. The summed E-state index contributed by atoms with van der Waals surface area (Å²) in [5.41, 5.74) is 0.674. The maximum Gasteiger partial charge on any atom is 0.244 e. The number of hydrogen-bond acceptors (Lipinski definition) is 5. The lowest BCUT2D eigenvalue weighted by Gasteiger charge is -2.16. The third kappa shape index (κ3) is 4.82. The van der Waals surface area contributed by atoms with Gasteiger partial charge in [0, 0.05) is 30.8 Å². The van der Waals surface area contributed by atoms with Gasteiger partial charge in [-0.2, -0.15) is 0 Å². The molecule has 0 amide bonds. The summed E-state index contributed by atoms with van der Waals surface area (Å²) < 4.78 is 37.6. The number of halogens is 1. The molecular formula is C13H21ClN2O4S. The molecule has 0 spiro atoms. The molecule has 1 atom stereocenters. The molecule has 120 valence electrons. The van der Waals surface area contributed by atoms with Crippen LogP contribution in [0.15, 0.2) is 17.0 Å². The Kier molecular flexibility index (Phi) is 6.89. The van der Waals surface area contributed by atoms with Crippen molar-refractivity contribution in [3.8, 4) is 5.75 Å². The average molecular weight is 337 g/mol. The highest BCUT2D eigenvalue weighted by molar-refractivity contribution is 7.89. The van der Waals surface area contributed by atoms with Gasteiger partial charge in [0.1, 0.15) is 10.6 Å². The molecule has 0 aliphatic carbocycles. The Balaban J connectivity index is 3.21. The summed E-state index contributed by atoms with van der Waals surface area (Å²) in [7, 11) is 0.966. The van der Waals surface area contributed by atoms with Crippen LogP contribution < -0.4 is 14.8 Å². The molecule has 1 rings (SSSR count). The fourth-order valence-electron chi connectivity index (χ4n) is 1.76. The summed E-state index contributed by atoms with van der Waals surface area (Å²) in [6.45, 7) is 2.38. The summed E-state index contributed by atoms with van der Waals surface area (Å²) in [4.78, 5) is 0.0195. The van der Waals surface area contributed by atoms with Crippen molar-refractivity contribution < 1.29 is 17.9 Å². The molecule has 0 aliphatic heterocycles. The summed E-state index contributed by atoms with van der Waals surface area (Å²) in [5.74, 6) is 0.284. The smallest absolute Gasteiger partial charge is 0.244 e. The third-order valence-electron chi connectivity index (χ3n) is 2.92. The van der Waals surface area contributed by atoms with Crippen LogP contribution in [-0.2, 0) is 21.3 Å². The molecule has 21 heavy (non-hydrogen) atoms. The Hall–Kier alpha value is -0.860. The normalized spacial score (nSPS) is 13.2.